The summed E-state index contributed by atoms with van der Waals surface area (Å²) in [6, 6.07) is 8.41. The molecule has 3 heteroatoms. The minimum atomic E-state index is 0.304. The summed E-state index contributed by atoms with van der Waals surface area (Å²) in [6.07, 6.45) is 6.16. The van der Waals surface area contributed by atoms with Crippen molar-refractivity contribution in [2.75, 3.05) is 6.61 Å². The van der Waals surface area contributed by atoms with Gasteiger partial charge in [0, 0.05) is 24.2 Å². The van der Waals surface area contributed by atoms with Crippen LogP contribution in [0.2, 0.25) is 5.02 Å². The van der Waals surface area contributed by atoms with Crippen molar-refractivity contribution in [1.29, 1.82) is 0 Å². The summed E-state index contributed by atoms with van der Waals surface area (Å²) in [6.45, 7) is 1.16. The molecule has 0 radical (unpaired) electrons. The van der Waals surface area contributed by atoms with Crippen LogP contribution in [0.4, 0.5) is 0 Å². The van der Waals surface area contributed by atoms with Gasteiger partial charge in [0.25, 0.3) is 0 Å². The molecule has 2 atom stereocenters. The van der Waals surface area contributed by atoms with E-state index >= 15 is 0 Å². The summed E-state index contributed by atoms with van der Waals surface area (Å²) in [4.78, 5) is 0. The van der Waals surface area contributed by atoms with Gasteiger partial charge < -0.3 is 10.4 Å². The fraction of sp³-hybridized carbons (Fsp3) is 0.600. The lowest BCUT2D eigenvalue weighted by Gasteiger charge is -2.24. The zero-order chi connectivity index (χ0) is 12.8. The van der Waals surface area contributed by atoms with E-state index in [1.165, 1.54) is 31.2 Å². The van der Waals surface area contributed by atoms with E-state index < -0.39 is 0 Å². The molecule has 100 valence electrons. The minimum Gasteiger partial charge on any atom is -0.396 e. The Bertz CT molecular complexity index is 352. The van der Waals surface area contributed by atoms with Gasteiger partial charge in [0.15, 0.2) is 0 Å². The number of aliphatic hydroxyl groups is 1. The summed E-state index contributed by atoms with van der Waals surface area (Å²) < 4.78 is 0. The van der Waals surface area contributed by atoms with Crippen LogP contribution in [-0.2, 0) is 6.54 Å². The Morgan fingerprint density at radius 3 is 2.56 bits per heavy atom. The maximum absolute atomic E-state index is 9.46. The van der Waals surface area contributed by atoms with Crippen molar-refractivity contribution in [3.63, 3.8) is 0 Å². The van der Waals surface area contributed by atoms with Gasteiger partial charge in [-0.2, -0.15) is 0 Å². The predicted octanol–water partition coefficient (Wildman–Crippen LogP) is 3.37. The molecule has 2 rings (SSSR count). The van der Waals surface area contributed by atoms with Crippen molar-refractivity contribution in [1.82, 2.24) is 5.32 Å². The van der Waals surface area contributed by atoms with E-state index in [1.807, 2.05) is 12.1 Å². The molecular weight excluding hydrogens is 246 g/mol. The Kier molecular flexibility index (Phi) is 5.48. The molecule has 1 fully saturated rings. The van der Waals surface area contributed by atoms with Gasteiger partial charge in [-0.1, -0.05) is 43.0 Å². The SMILES string of the molecule is OC[C@H]1CCCCC[C@H]1NCc1ccc(Cl)cc1. The Balaban J connectivity index is 1.88. The number of aliphatic hydroxyl groups excluding tert-OH is 1. The quantitative estimate of drug-likeness (QED) is 0.820. The molecule has 0 saturated heterocycles. The lowest BCUT2D eigenvalue weighted by molar-refractivity contribution is 0.181. The van der Waals surface area contributed by atoms with Gasteiger partial charge in [0.05, 0.1) is 0 Å². The molecule has 0 amide bonds. The minimum absolute atomic E-state index is 0.304. The van der Waals surface area contributed by atoms with E-state index in [1.54, 1.807) is 0 Å². The molecule has 0 heterocycles. The molecule has 18 heavy (non-hydrogen) atoms. The van der Waals surface area contributed by atoms with Crippen molar-refractivity contribution >= 4 is 11.6 Å². The lowest BCUT2D eigenvalue weighted by Crippen LogP contribution is -2.36. The second-order valence-corrected chi connectivity index (χ2v) is 5.63. The normalized spacial score (nSPS) is 24.8. The Morgan fingerprint density at radius 2 is 1.83 bits per heavy atom. The highest BCUT2D eigenvalue weighted by Gasteiger charge is 2.22. The highest BCUT2D eigenvalue weighted by Crippen LogP contribution is 2.23. The molecule has 0 unspecified atom stereocenters. The van der Waals surface area contributed by atoms with Gasteiger partial charge >= 0.3 is 0 Å². The molecule has 1 aliphatic carbocycles. The van der Waals surface area contributed by atoms with Crippen LogP contribution in [0.25, 0.3) is 0 Å². The smallest absolute Gasteiger partial charge is 0.0474 e. The van der Waals surface area contributed by atoms with E-state index in [-0.39, 0.29) is 0 Å². The van der Waals surface area contributed by atoms with Gasteiger partial charge in [0.1, 0.15) is 0 Å². The van der Waals surface area contributed by atoms with Gasteiger partial charge in [-0.15, -0.1) is 0 Å². The third-order valence-corrected chi connectivity index (χ3v) is 4.13. The second-order valence-electron chi connectivity index (χ2n) is 5.19. The molecule has 2 N–H and O–H groups in total. The van der Waals surface area contributed by atoms with Crippen LogP contribution < -0.4 is 5.32 Å². The molecule has 1 aliphatic rings. The summed E-state index contributed by atoms with van der Waals surface area (Å²) in [5.74, 6) is 0.416. The monoisotopic (exact) mass is 267 g/mol. The van der Waals surface area contributed by atoms with Crippen molar-refractivity contribution in [3.05, 3.63) is 34.9 Å². The average Bonchev–Trinajstić information content (AvgIpc) is 2.63. The zero-order valence-corrected chi connectivity index (χ0v) is 11.5. The Morgan fingerprint density at radius 1 is 1.11 bits per heavy atom. The molecule has 0 aliphatic heterocycles. The van der Waals surface area contributed by atoms with Gasteiger partial charge in [0.2, 0.25) is 0 Å². The van der Waals surface area contributed by atoms with Crippen LogP contribution in [0.1, 0.15) is 37.7 Å². The first-order chi connectivity index (χ1) is 8.79. The summed E-state index contributed by atoms with van der Waals surface area (Å²) in [5.41, 5.74) is 1.25. The van der Waals surface area contributed by atoms with Crippen LogP contribution in [0.3, 0.4) is 0 Å². The molecule has 2 nitrogen and oxygen atoms in total. The summed E-state index contributed by atoms with van der Waals surface area (Å²) >= 11 is 5.87. The van der Waals surface area contributed by atoms with E-state index in [2.05, 4.69) is 17.4 Å². The largest absolute Gasteiger partial charge is 0.396 e. The first-order valence-electron chi connectivity index (χ1n) is 6.88. The zero-order valence-electron chi connectivity index (χ0n) is 10.7. The topological polar surface area (TPSA) is 32.3 Å². The van der Waals surface area contributed by atoms with Crippen molar-refractivity contribution in [3.8, 4) is 0 Å². The van der Waals surface area contributed by atoms with Crippen LogP contribution >= 0.6 is 11.6 Å². The fourth-order valence-electron chi connectivity index (χ4n) is 2.72. The number of benzene rings is 1. The number of hydrogen-bond donors (Lipinski definition) is 2. The highest BCUT2D eigenvalue weighted by molar-refractivity contribution is 6.30. The standard InChI is InChI=1S/C15H22ClNO/c16-14-8-6-12(7-9-14)10-17-15-5-3-1-2-4-13(15)11-18/h6-9,13,15,17-18H,1-5,10-11H2/t13-,15-/m1/s1. The van der Waals surface area contributed by atoms with Crippen LogP contribution in [-0.4, -0.2) is 17.8 Å². The molecule has 1 aromatic carbocycles. The Labute approximate surface area is 114 Å². The summed E-state index contributed by atoms with van der Waals surface area (Å²) in [5, 5.41) is 13.8. The lowest BCUT2D eigenvalue weighted by atomic mass is 9.95. The summed E-state index contributed by atoms with van der Waals surface area (Å²) in [7, 11) is 0. The fourth-order valence-corrected chi connectivity index (χ4v) is 2.85. The van der Waals surface area contributed by atoms with Crippen molar-refractivity contribution in [2.24, 2.45) is 5.92 Å². The second kappa shape index (κ2) is 7.13. The number of rotatable bonds is 4. The highest BCUT2D eigenvalue weighted by atomic mass is 35.5. The first kappa shape index (κ1) is 13.9. The third kappa shape index (κ3) is 3.98. The third-order valence-electron chi connectivity index (χ3n) is 3.88. The van der Waals surface area contributed by atoms with E-state index in [0.29, 0.717) is 18.6 Å². The van der Waals surface area contributed by atoms with Crippen LogP contribution in [0.5, 0.6) is 0 Å². The predicted molar refractivity (Wildman–Crippen MR) is 75.7 cm³/mol. The molecule has 0 spiro atoms. The average molecular weight is 268 g/mol. The van der Waals surface area contributed by atoms with Crippen molar-refractivity contribution in [2.45, 2.75) is 44.7 Å². The van der Waals surface area contributed by atoms with E-state index in [4.69, 9.17) is 11.6 Å². The first-order valence-corrected chi connectivity index (χ1v) is 7.26. The van der Waals surface area contributed by atoms with Gasteiger partial charge in [-0.3, -0.25) is 0 Å². The van der Waals surface area contributed by atoms with Gasteiger partial charge in [-0.05, 0) is 36.5 Å². The number of nitrogens with one attached hydrogen (secondary N) is 1. The molecule has 1 saturated carbocycles. The Hall–Kier alpha value is -0.570. The van der Waals surface area contributed by atoms with Crippen molar-refractivity contribution < 1.29 is 5.11 Å². The van der Waals surface area contributed by atoms with Gasteiger partial charge in [-0.25, -0.2) is 0 Å². The maximum atomic E-state index is 9.46. The molecule has 0 aromatic heterocycles. The molecule has 0 bridgehead atoms. The van der Waals surface area contributed by atoms with E-state index in [9.17, 15) is 5.11 Å². The number of hydrogen-bond acceptors (Lipinski definition) is 2. The molecule has 1 aromatic rings. The molecular formula is C15H22ClNO. The number of halogens is 1. The maximum Gasteiger partial charge on any atom is 0.0474 e. The van der Waals surface area contributed by atoms with E-state index in [0.717, 1.165) is 18.0 Å². The van der Waals surface area contributed by atoms with Crippen LogP contribution in [0.15, 0.2) is 24.3 Å². The van der Waals surface area contributed by atoms with Crippen LogP contribution in [0, 0.1) is 5.92 Å².